The second-order valence-electron chi connectivity index (χ2n) is 8.59. The highest BCUT2D eigenvalue weighted by molar-refractivity contribution is 9.10. The van der Waals surface area contributed by atoms with Gasteiger partial charge in [-0.05, 0) is 70.1 Å². The molecule has 0 unspecified atom stereocenters. The van der Waals surface area contributed by atoms with E-state index in [0.717, 1.165) is 47.2 Å². The predicted octanol–water partition coefficient (Wildman–Crippen LogP) is 5.69. The van der Waals surface area contributed by atoms with Crippen LogP contribution >= 0.6 is 15.9 Å². The predicted molar refractivity (Wildman–Crippen MR) is 108 cm³/mol. The number of amides is 1. The van der Waals surface area contributed by atoms with Gasteiger partial charge in [0.1, 0.15) is 11.4 Å². The van der Waals surface area contributed by atoms with Gasteiger partial charge in [0.2, 0.25) is 0 Å². The van der Waals surface area contributed by atoms with Gasteiger partial charge >= 0.3 is 6.09 Å². The molecule has 2 saturated heterocycles. The summed E-state index contributed by atoms with van der Waals surface area (Å²) in [5, 5.41) is 0. The zero-order chi connectivity index (χ0) is 19.2. The average molecular weight is 432 g/mol. The number of H-pyrrole nitrogens is 1. The number of aromatic nitrogens is 2. The van der Waals surface area contributed by atoms with Crippen molar-refractivity contribution in [2.24, 2.45) is 5.92 Å². The maximum atomic E-state index is 13.0. The lowest BCUT2D eigenvalue weighted by atomic mass is 9.74. The normalized spacial score (nSPS) is 24.9. The third-order valence-corrected chi connectivity index (χ3v) is 6.04. The van der Waals surface area contributed by atoms with Crippen molar-refractivity contribution < 1.29 is 9.53 Å². The summed E-state index contributed by atoms with van der Waals surface area (Å²) >= 11 is 3.47. The van der Waals surface area contributed by atoms with Gasteiger partial charge in [0.15, 0.2) is 0 Å². The van der Waals surface area contributed by atoms with E-state index in [2.05, 4.69) is 38.0 Å². The summed E-state index contributed by atoms with van der Waals surface area (Å²) in [7, 11) is 0. The van der Waals surface area contributed by atoms with Crippen molar-refractivity contribution in [2.75, 3.05) is 0 Å². The number of fused-ring (bicyclic) bond motifs is 3. The maximum absolute atomic E-state index is 13.0. The van der Waals surface area contributed by atoms with E-state index in [1.54, 1.807) is 0 Å². The summed E-state index contributed by atoms with van der Waals surface area (Å²) in [6.07, 6.45) is 6.05. The van der Waals surface area contributed by atoms with Crippen LogP contribution in [-0.2, 0) is 4.74 Å². The first-order valence-electron chi connectivity index (χ1n) is 9.64. The van der Waals surface area contributed by atoms with E-state index in [-0.39, 0.29) is 18.2 Å². The summed E-state index contributed by atoms with van der Waals surface area (Å²) < 4.78 is 6.77. The second-order valence-corrected chi connectivity index (χ2v) is 9.51. The van der Waals surface area contributed by atoms with Gasteiger partial charge in [-0.1, -0.05) is 28.1 Å². The molecule has 1 amide bonds. The van der Waals surface area contributed by atoms with Crippen LogP contribution in [-0.4, -0.2) is 32.6 Å². The number of carbonyl (C=O) groups excluding carboxylic acids is 1. The molecule has 2 aliphatic heterocycles. The number of hydrogen-bond acceptors (Lipinski definition) is 3. The Balaban J connectivity index is 1.64. The van der Waals surface area contributed by atoms with Gasteiger partial charge in [0.05, 0.1) is 17.9 Å². The molecule has 1 saturated carbocycles. The van der Waals surface area contributed by atoms with Crippen molar-refractivity contribution in [3.05, 3.63) is 40.8 Å². The van der Waals surface area contributed by atoms with E-state index in [1.165, 1.54) is 0 Å². The number of halogens is 1. The van der Waals surface area contributed by atoms with Crippen molar-refractivity contribution in [1.29, 1.82) is 0 Å². The fraction of sp³-hybridized carbons (Fsp3) is 0.524. The number of piperidine rings is 2. The Morgan fingerprint density at radius 2 is 1.85 bits per heavy atom. The van der Waals surface area contributed by atoms with E-state index < -0.39 is 5.60 Å². The molecule has 1 atom stereocenters. The van der Waals surface area contributed by atoms with Crippen LogP contribution in [0.2, 0.25) is 0 Å². The first-order valence-corrected chi connectivity index (χ1v) is 10.4. The van der Waals surface area contributed by atoms with Crippen LogP contribution in [0.15, 0.2) is 34.9 Å². The number of aromatic amines is 1. The lowest BCUT2D eigenvalue weighted by molar-refractivity contribution is -0.0439. The van der Waals surface area contributed by atoms with E-state index in [0.29, 0.717) is 5.92 Å². The number of imidazole rings is 1. The van der Waals surface area contributed by atoms with Crippen molar-refractivity contribution in [3.8, 4) is 11.3 Å². The molecule has 2 bridgehead atoms. The molecule has 5 rings (SSSR count). The topological polar surface area (TPSA) is 58.2 Å². The van der Waals surface area contributed by atoms with Gasteiger partial charge in [-0.15, -0.1) is 0 Å². The van der Waals surface area contributed by atoms with E-state index >= 15 is 0 Å². The molecule has 0 radical (unpaired) electrons. The summed E-state index contributed by atoms with van der Waals surface area (Å²) in [6.45, 7) is 5.75. The maximum Gasteiger partial charge on any atom is 0.411 e. The van der Waals surface area contributed by atoms with Gasteiger partial charge in [0.25, 0.3) is 0 Å². The van der Waals surface area contributed by atoms with Crippen molar-refractivity contribution in [1.82, 2.24) is 14.9 Å². The minimum Gasteiger partial charge on any atom is -0.444 e. The van der Waals surface area contributed by atoms with Gasteiger partial charge in [0, 0.05) is 10.5 Å². The number of ether oxygens (including phenoxy) is 1. The Hall–Kier alpha value is -1.82. The zero-order valence-corrected chi connectivity index (χ0v) is 17.6. The fourth-order valence-electron chi connectivity index (χ4n) is 4.35. The molecule has 1 aromatic carbocycles. The van der Waals surface area contributed by atoms with Gasteiger partial charge < -0.3 is 9.72 Å². The SMILES string of the molecule is CC(C)(C)OC(=O)N1C2CCC(CC2)[C@H]1c1ncc(-c2ccc(Br)cc2)[nH]1. The van der Waals surface area contributed by atoms with Crippen LogP contribution in [0.1, 0.15) is 58.3 Å². The third-order valence-electron chi connectivity index (χ3n) is 5.52. The van der Waals surface area contributed by atoms with Gasteiger partial charge in [-0.3, -0.25) is 4.90 Å². The molecule has 2 aromatic rings. The first kappa shape index (κ1) is 18.5. The standard InChI is InChI=1S/C21H26BrN3O2/c1-21(2,3)27-20(26)25-16-10-6-14(7-11-16)18(25)19-23-12-17(24-19)13-4-8-15(22)9-5-13/h4-5,8-9,12,14,16,18H,6-7,10-11H2,1-3H3,(H,23,24)/t14?,16?,18-/m0/s1. The molecule has 5 nitrogen and oxygen atoms in total. The number of benzene rings is 1. The molecule has 0 spiro atoms. The fourth-order valence-corrected chi connectivity index (χ4v) is 4.61. The monoisotopic (exact) mass is 431 g/mol. The number of rotatable bonds is 2. The smallest absolute Gasteiger partial charge is 0.411 e. The molecule has 3 heterocycles. The van der Waals surface area contributed by atoms with Crippen LogP contribution in [0.25, 0.3) is 11.3 Å². The molecule has 3 aliphatic rings. The Bertz CT molecular complexity index is 817. The molecule has 1 N–H and O–H groups in total. The summed E-state index contributed by atoms with van der Waals surface area (Å²) in [6, 6.07) is 8.37. The Morgan fingerprint density at radius 3 is 2.48 bits per heavy atom. The molecular weight excluding hydrogens is 406 g/mol. The summed E-state index contributed by atoms with van der Waals surface area (Å²) in [5.74, 6) is 1.31. The molecule has 6 heteroatoms. The third kappa shape index (κ3) is 3.77. The Morgan fingerprint density at radius 1 is 1.19 bits per heavy atom. The molecule has 27 heavy (non-hydrogen) atoms. The first-order chi connectivity index (χ1) is 12.8. The molecule has 3 fully saturated rings. The highest BCUT2D eigenvalue weighted by Gasteiger charge is 2.47. The van der Waals surface area contributed by atoms with Crippen LogP contribution in [0, 0.1) is 5.92 Å². The quantitative estimate of drug-likeness (QED) is 0.663. The van der Waals surface area contributed by atoms with Crippen molar-refractivity contribution in [3.63, 3.8) is 0 Å². The van der Waals surface area contributed by atoms with Gasteiger partial charge in [-0.2, -0.15) is 0 Å². The molecule has 1 aromatic heterocycles. The summed E-state index contributed by atoms with van der Waals surface area (Å²) in [5.41, 5.74) is 1.56. The van der Waals surface area contributed by atoms with E-state index in [1.807, 2.05) is 44.0 Å². The van der Waals surface area contributed by atoms with Crippen LogP contribution in [0.4, 0.5) is 4.79 Å². The summed E-state index contributed by atoms with van der Waals surface area (Å²) in [4.78, 5) is 23.1. The largest absolute Gasteiger partial charge is 0.444 e. The van der Waals surface area contributed by atoms with E-state index in [4.69, 9.17) is 4.74 Å². The second kappa shape index (κ2) is 6.97. The molecule has 1 aliphatic carbocycles. The zero-order valence-electron chi connectivity index (χ0n) is 16.0. The van der Waals surface area contributed by atoms with Crippen molar-refractivity contribution in [2.45, 2.75) is 64.1 Å². The van der Waals surface area contributed by atoms with Crippen LogP contribution in [0.3, 0.4) is 0 Å². The lowest BCUT2D eigenvalue weighted by Crippen LogP contribution is -2.54. The lowest BCUT2D eigenvalue weighted by Gasteiger charge is -2.50. The Kier molecular flexibility index (Phi) is 4.78. The molecule has 144 valence electrons. The highest BCUT2D eigenvalue weighted by Crippen LogP contribution is 2.47. The average Bonchev–Trinajstić information content (AvgIpc) is 3.11. The number of carbonyl (C=O) groups is 1. The van der Waals surface area contributed by atoms with Crippen molar-refractivity contribution >= 4 is 22.0 Å². The highest BCUT2D eigenvalue weighted by atomic mass is 79.9. The van der Waals surface area contributed by atoms with Gasteiger partial charge in [-0.25, -0.2) is 9.78 Å². The number of hydrogen-bond donors (Lipinski definition) is 1. The number of nitrogens with zero attached hydrogens (tertiary/aromatic N) is 2. The minimum absolute atomic E-state index is 0.0310. The van der Waals surface area contributed by atoms with Crippen LogP contribution < -0.4 is 0 Å². The van der Waals surface area contributed by atoms with E-state index in [9.17, 15) is 4.79 Å². The number of nitrogens with one attached hydrogen (secondary N) is 1. The molecular formula is C21H26BrN3O2. The Labute approximate surface area is 168 Å². The minimum atomic E-state index is -0.496. The van der Waals surface area contributed by atoms with Crippen LogP contribution in [0.5, 0.6) is 0 Å².